The van der Waals surface area contributed by atoms with Crippen LogP contribution in [0.5, 0.6) is 0 Å². The van der Waals surface area contributed by atoms with Crippen LogP contribution in [0, 0.1) is 0 Å². The molecular formula is C13H14N2. The first-order valence-electron chi connectivity index (χ1n) is 5.07. The molecule has 2 nitrogen and oxygen atoms in total. The lowest BCUT2D eigenvalue weighted by molar-refractivity contribution is 0.945. The summed E-state index contributed by atoms with van der Waals surface area (Å²) in [6, 6.07) is 16.3. The molecule has 0 aliphatic carbocycles. The van der Waals surface area contributed by atoms with E-state index in [1.54, 1.807) is 0 Å². The molecule has 0 fully saturated rings. The maximum Gasteiger partial charge on any atom is 0.0542 e. The summed E-state index contributed by atoms with van der Waals surface area (Å²) >= 11 is 0. The fourth-order valence-corrected chi connectivity index (χ4v) is 1.55. The zero-order valence-electron chi connectivity index (χ0n) is 8.56. The molecule has 1 aromatic carbocycles. The second-order valence-electron chi connectivity index (χ2n) is 3.49. The highest BCUT2D eigenvalue weighted by atomic mass is 14.7. The summed E-state index contributed by atoms with van der Waals surface area (Å²) < 4.78 is 0. The fraction of sp³-hybridized carbons (Fsp3) is 0.154. The summed E-state index contributed by atoms with van der Waals surface area (Å²) in [6.07, 6.45) is 0.870. The molecule has 0 spiro atoms. The topological polar surface area (TPSA) is 38.9 Å². The van der Waals surface area contributed by atoms with Crippen molar-refractivity contribution in [3.63, 3.8) is 0 Å². The minimum absolute atomic E-state index is 0.503. The Labute approximate surface area is 89.8 Å². The van der Waals surface area contributed by atoms with Crippen LogP contribution in [0.1, 0.15) is 17.0 Å². The van der Waals surface area contributed by atoms with Gasteiger partial charge in [-0.3, -0.25) is 4.98 Å². The lowest BCUT2D eigenvalue weighted by Gasteiger charge is -2.02. The Bertz CT molecular complexity index is 424. The van der Waals surface area contributed by atoms with Crippen molar-refractivity contribution in [2.45, 2.75) is 13.0 Å². The van der Waals surface area contributed by atoms with Gasteiger partial charge in [-0.05, 0) is 17.7 Å². The molecule has 0 saturated heterocycles. The molecule has 0 bridgehead atoms. The monoisotopic (exact) mass is 198 g/mol. The van der Waals surface area contributed by atoms with E-state index >= 15 is 0 Å². The molecular weight excluding hydrogens is 184 g/mol. The van der Waals surface area contributed by atoms with E-state index in [-0.39, 0.29) is 0 Å². The maximum absolute atomic E-state index is 5.55. The van der Waals surface area contributed by atoms with E-state index in [4.69, 9.17) is 5.73 Å². The average Bonchev–Trinajstić information content (AvgIpc) is 2.31. The van der Waals surface area contributed by atoms with Gasteiger partial charge in [0, 0.05) is 18.7 Å². The van der Waals surface area contributed by atoms with Gasteiger partial charge < -0.3 is 5.73 Å². The van der Waals surface area contributed by atoms with Crippen LogP contribution in [-0.4, -0.2) is 4.98 Å². The van der Waals surface area contributed by atoms with Crippen molar-refractivity contribution >= 4 is 0 Å². The number of nitrogens with zero attached hydrogens (tertiary/aromatic N) is 1. The van der Waals surface area contributed by atoms with Crippen molar-refractivity contribution in [1.82, 2.24) is 4.98 Å². The number of rotatable bonds is 3. The first-order chi connectivity index (χ1) is 7.38. The molecule has 0 radical (unpaired) electrons. The number of aromatic nitrogens is 1. The maximum atomic E-state index is 5.55. The number of nitrogens with two attached hydrogens (primary N) is 1. The van der Waals surface area contributed by atoms with Crippen molar-refractivity contribution in [3.05, 3.63) is 65.5 Å². The van der Waals surface area contributed by atoms with E-state index in [9.17, 15) is 0 Å². The average molecular weight is 198 g/mol. The second kappa shape index (κ2) is 4.71. The minimum atomic E-state index is 0.503. The Morgan fingerprint density at radius 1 is 0.867 bits per heavy atom. The third-order valence-electron chi connectivity index (χ3n) is 2.30. The quantitative estimate of drug-likeness (QED) is 0.820. The normalized spacial score (nSPS) is 10.2. The van der Waals surface area contributed by atoms with Crippen molar-refractivity contribution in [2.75, 3.05) is 0 Å². The molecule has 2 N–H and O–H groups in total. The Hall–Kier alpha value is -1.67. The molecule has 2 aromatic rings. The number of hydrogen-bond acceptors (Lipinski definition) is 2. The van der Waals surface area contributed by atoms with E-state index in [0.29, 0.717) is 6.54 Å². The molecule has 1 heterocycles. The molecule has 0 aliphatic heterocycles. The molecule has 0 amide bonds. The van der Waals surface area contributed by atoms with Crippen molar-refractivity contribution in [2.24, 2.45) is 5.73 Å². The van der Waals surface area contributed by atoms with Gasteiger partial charge in [0.25, 0.3) is 0 Å². The molecule has 15 heavy (non-hydrogen) atoms. The molecule has 0 saturated carbocycles. The predicted molar refractivity (Wildman–Crippen MR) is 61.4 cm³/mol. The predicted octanol–water partition coefficient (Wildman–Crippen LogP) is 2.13. The van der Waals surface area contributed by atoms with Crippen LogP contribution in [0.25, 0.3) is 0 Å². The van der Waals surface area contributed by atoms with Crippen LogP contribution in [0.3, 0.4) is 0 Å². The van der Waals surface area contributed by atoms with E-state index in [1.165, 1.54) is 5.56 Å². The van der Waals surface area contributed by atoms with Gasteiger partial charge in [0.05, 0.1) is 5.69 Å². The second-order valence-corrected chi connectivity index (χ2v) is 3.49. The summed E-state index contributed by atoms with van der Waals surface area (Å²) in [5.74, 6) is 0. The first kappa shape index (κ1) is 9.87. The van der Waals surface area contributed by atoms with Gasteiger partial charge in [-0.1, -0.05) is 36.4 Å². The summed E-state index contributed by atoms with van der Waals surface area (Å²) in [6.45, 7) is 0.503. The number of pyridine rings is 1. The lowest BCUT2D eigenvalue weighted by atomic mass is 10.1. The van der Waals surface area contributed by atoms with Crippen molar-refractivity contribution in [3.8, 4) is 0 Å². The highest BCUT2D eigenvalue weighted by Gasteiger charge is 1.97. The smallest absolute Gasteiger partial charge is 0.0542 e. The molecule has 0 aliphatic rings. The summed E-state index contributed by atoms with van der Waals surface area (Å²) in [5.41, 5.74) is 8.85. The molecule has 2 heteroatoms. The Kier molecular flexibility index (Phi) is 3.10. The van der Waals surface area contributed by atoms with Crippen LogP contribution in [0.15, 0.2) is 48.5 Å². The van der Waals surface area contributed by atoms with Crippen molar-refractivity contribution < 1.29 is 0 Å². The van der Waals surface area contributed by atoms with Gasteiger partial charge in [0.2, 0.25) is 0 Å². The van der Waals surface area contributed by atoms with Crippen molar-refractivity contribution in [1.29, 1.82) is 0 Å². The number of benzene rings is 1. The fourth-order valence-electron chi connectivity index (χ4n) is 1.55. The highest BCUT2D eigenvalue weighted by molar-refractivity contribution is 5.22. The first-order valence-corrected chi connectivity index (χ1v) is 5.07. The zero-order valence-corrected chi connectivity index (χ0v) is 8.56. The molecule has 76 valence electrons. The van der Waals surface area contributed by atoms with Crippen LogP contribution in [0.4, 0.5) is 0 Å². The van der Waals surface area contributed by atoms with E-state index in [0.717, 1.165) is 17.8 Å². The summed E-state index contributed by atoms with van der Waals surface area (Å²) in [4.78, 5) is 4.46. The number of hydrogen-bond donors (Lipinski definition) is 1. The standard InChI is InChI=1S/C13H14N2/c14-10-13-8-4-7-12(15-13)9-11-5-2-1-3-6-11/h1-8H,9-10,14H2. The summed E-state index contributed by atoms with van der Waals surface area (Å²) in [7, 11) is 0. The van der Waals surface area contributed by atoms with Crippen LogP contribution < -0.4 is 5.73 Å². The molecule has 2 rings (SSSR count). The zero-order chi connectivity index (χ0) is 10.5. The van der Waals surface area contributed by atoms with E-state index in [2.05, 4.69) is 17.1 Å². The van der Waals surface area contributed by atoms with Gasteiger partial charge in [0.15, 0.2) is 0 Å². The highest BCUT2D eigenvalue weighted by Crippen LogP contribution is 2.07. The lowest BCUT2D eigenvalue weighted by Crippen LogP contribution is -2.02. The largest absolute Gasteiger partial charge is 0.325 e. The molecule has 1 aromatic heterocycles. The molecule has 0 unspecified atom stereocenters. The third kappa shape index (κ3) is 2.64. The van der Waals surface area contributed by atoms with E-state index in [1.807, 2.05) is 36.4 Å². The van der Waals surface area contributed by atoms with Gasteiger partial charge in [-0.25, -0.2) is 0 Å². The van der Waals surface area contributed by atoms with Crippen LogP contribution in [0.2, 0.25) is 0 Å². The van der Waals surface area contributed by atoms with Crippen LogP contribution >= 0.6 is 0 Å². The Morgan fingerprint density at radius 3 is 2.33 bits per heavy atom. The summed E-state index contributed by atoms with van der Waals surface area (Å²) in [5, 5.41) is 0. The van der Waals surface area contributed by atoms with Crippen LogP contribution in [-0.2, 0) is 13.0 Å². The SMILES string of the molecule is NCc1cccc(Cc2ccccc2)n1. The van der Waals surface area contributed by atoms with Gasteiger partial charge in [-0.15, -0.1) is 0 Å². The minimum Gasteiger partial charge on any atom is -0.325 e. The van der Waals surface area contributed by atoms with Gasteiger partial charge >= 0.3 is 0 Å². The van der Waals surface area contributed by atoms with Gasteiger partial charge in [0.1, 0.15) is 0 Å². The Balaban J connectivity index is 2.17. The molecule has 0 atom stereocenters. The van der Waals surface area contributed by atoms with Gasteiger partial charge in [-0.2, -0.15) is 0 Å². The third-order valence-corrected chi connectivity index (χ3v) is 2.30. The Morgan fingerprint density at radius 2 is 1.60 bits per heavy atom. The van der Waals surface area contributed by atoms with E-state index < -0.39 is 0 Å².